The summed E-state index contributed by atoms with van der Waals surface area (Å²) in [5.41, 5.74) is 2.20. The first-order valence-electron chi connectivity index (χ1n) is 5.91. The van der Waals surface area contributed by atoms with Gasteiger partial charge in [0.05, 0.1) is 0 Å². The number of benzene rings is 1. The summed E-state index contributed by atoms with van der Waals surface area (Å²) >= 11 is 12.0. The van der Waals surface area contributed by atoms with Gasteiger partial charge in [0.25, 0.3) is 0 Å². The monoisotopic (exact) mass is 272 g/mol. The van der Waals surface area contributed by atoms with Crippen LogP contribution in [0.15, 0.2) is 18.2 Å². The molecule has 0 N–H and O–H groups in total. The predicted octanol–water partition coefficient (Wildman–Crippen LogP) is 3.22. The molecule has 1 aliphatic heterocycles. The summed E-state index contributed by atoms with van der Waals surface area (Å²) < 4.78 is 0. The molecular weight excluding hydrogens is 255 g/mol. The topological polar surface area (TPSA) is 6.48 Å². The van der Waals surface area contributed by atoms with E-state index in [-0.39, 0.29) is 0 Å². The van der Waals surface area contributed by atoms with E-state index in [1.54, 1.807) is 0 Å². The Bertz CT molecular complexity index is 395. The van der Waals surface area contributed by atoms with Crippen LogP contribution in [0.4, 0.5) is 5.69 Å². The number of anilines is 1. The number of hydrogen-bond acceptors (Lipinski definition) is 2. The van der Waals surface area contributed by atoms with Crippen molar-refractivity contribution in [1.29, 1.82) is 0 Å². The molecule has 1 unspecified atom stereocenters. The van der Waals surface area contributed by atoms with Gasteiger partial charge in [0.2, 0.25) is 0 Å². The normalized spacial score (nSPS) is 21.9. The highest BCUT2D eigenvalue weighted by Gasteiger charge is 2.21. The maximum Gasteiger partial charge on any atom is 0.0488 e. The molecule has 0 saturated carbocycles. The predicted molar refractivity (Wildman–Crippen MR) is 75.3 cm³/mol. The molecule has 0 aliphatic carbocycles. The van der Waals surface area contributed by atoms with Crippen molar-refractivity contribution in [3.8, 4) is 0 Å². The Morgan fingerprint density at radius 1 is 1.35 bits per heavy atom. The lowest BCUT2D eigenvalue weighted by Gasteiger charge is -2.39. The molecule has 1 fully saturated rings. The van der Waals surface area contributed by atoms with Gasteiger partial charge in [-0.05, 0) is 31.7 Å². The number of rotatable bonds is 2. The van der Waals surface area contributed by atoms with E-state index in [4.69, 9.17) is 23.2 Å². The van der Waals surface area contributed by atoms with Crippen LogP contribution in [0.25, 0.3) is 0 Å². The quantitative estimate of drug-likeness (QED) is 0.763. The summed E-state index contributed by atoms with van der Waals surface area (Å²) in [5.74, 6) is 0.470. The Labute approximate surface area is 113 Å². The number of nitrogens with zero attached hydrogens (tertiary/aromatic N) is 2. The van der Waals surface area contributed by atoms with E-state index >= 15 is 0 Å². The van der Waals surface area contributed by atoms with Crippen molar-refractivity contribution in [2.75, 3.05) is 31.6 Å². The van der Waals surface area contributed by atoms with Crippen LogP contribution in [-0.2, 0) is 5.88 Å². The van der Waals surface area contributed by atoms with Crippen molar-refractivity contribution < 1.29 is 0 Å². The second kappa shape index (κ2) is 5.47. The number of halogens is 2. The van der Waals surface area contributed by atoms with Gasteiger partial charge in [0.15, 0.2) is 0 Å². The zero-order chi connectivity index (χ0) is 12.4. The molecule has 0 amide bonds. The molecule has 0 radical (unpaired) electrons. The first-order valence-corrected chi connectivity index (χ1v) is 6.82. The largest absolute Gasteiger partial charge is 0.369 e. The fraction of sp³-hybridized carbons (Fsp3) is 0.538. The lowest BCUT2D eigenvalue weighted by Crippen LogP contribution is -2.50. The Morgan fingerprint density at radius 3 is 2.71 bits per heavy atom. The van der Waals surface area contributed by atoms with E-state index in [0.717, 1.165) is 30.2 Å². The lowest BCUT2D eigenvalue weighted by atomic mass is 10.1. The smallest absolute Gasteiger partial charge is 0.0488 e. The molecule has 1 atom stereocenters. The molecule has 0 bridgehead atoms. The summed E-state index contributed by atoms with van der Waals surface area (Å²) in [7, 11) is 2.17. The third-order valence-electron chi connectivity index (χ3n) is 3.51. The Hall–Kier alpha value is -0.440. The van der Waals surface area contributed by atoms with Crippen molar-refractivity contribution in [2.24, 2.45) is 0 Å². The van der Waals surface area contributed by atoms with Crippen LogP contribution in [0, 0.1) is 0 Å². The third kappa shape index (κ3) is 2.87. The molecule has 1 aromatic rings. The highest BCUT2D eigenvalue weighted by molar-refractivity contribution is 6.32. The van der Waals surface area contributed by atoms with Crippen LogP contribution in [0.1, 0.15) is 12.5 Å². The van der Waals surface area contributed by atoms with E-state index < -0.39 is 0 Å². The summed E-state index contributed by atoms with van der Waals surface area (Å²) in [6.45, 7) is 5.45. The molecule has 17 heavy (non-hydrogen) atoms. The van der Waals surface area contributed by atoms with Crippen LogP contribution in [0.3, 0.4) is 0 Å². The van der Waals surface area contributed by atoms with Crippen molar-refractivity contribution >= 4 is 28.9 Å². The summed E-state index contributed by atoms with van der Waals surface area (Å²) in [5, 5.41) is 0.768. The van der Waals surface area contributed by atoms with Gasteiger partial charge in [-0.1, -0.05) is 17.7 Å². The molecule has 2 rings (SSSR count). The first-order chi connectivity index (χ1) is 8.11. The van der Waals surface area contributed by atoms with Crippen LogP contribution >= 0.6 is 23.2 Å². The van der Waals surface area contributed by atoms with Gasteiger partial charge in [0.1, 0.15) is 0 Å². The minimum atomic E-state index is 0.470. The van der Waals surface area contributed by atoms with Gasteiger partial charge in [-0.15, -0.1) is 11.6 Å². The molecule has 1 heterocycles. The van der Waals surface area contributed by atoms with Crippen molar-refractivity contribution in [1.82, 2.24) is 4.90 Å². The SMILES string of the molecule is CC1CN(c2ccc(CCl)c(Cl)c2)CCN1C. The van der Waals surface area contributed by atoms with Gasteiger partial charge in [0, 0.05) is 42.3 Å². The van der Waals surface area contributed by atoms with Gasteiger partial charge in [-0.3, -0.25) is 0 Å². The molecule has 1 saturated heterocycles. The summed E-state index contributed by atoms with van der Waals surface area (Å²) in [6, 6.07) is 6.74. The highest BCUT2D eigenvalue weighted by atomic mass is 35.5. The Morgan fingerprint density at radius 2 is 2.12 bits per heavy atom. The number of likely N-dealkylation sites (N-methyl/N-ethyl adjacent to an activating group) is 1. The fourth-order valence-electron chi connectivity index (χ4n) is 2.12. The fourth-order valence-corrected chi connectivity index (χ4v) is 2.67. The third-order valence-corrected chi connectivity index (χ3v) is 4.15. The van der Waals surface area contributed by atoms with E-state index in [1.807, 2.05) is 12.1 Å². The highest BCUT2D eigenvalue weighted by Crippen LogP contribution is 2.26. The van der Waals surface area contributed by atoms with Crippen LogP contribution in [0.5, 0.6) is 0 Å². The second-order valence-electron chi connectivity index (χ2n) is 4.68. The van der Waals surface area contributed by atoms with E-state index in [9.17, 15) is 0 Å². The molecule has 0 spiro atoms. The maximum atomic E-state index is 6.19. The number of piperazine rings is 1. The van der Waals surface area contributed by atoms with E-state index in [2.05, 4.69) is 29.8 Å². The molecular formula is C13H18Cl2N2. The van der Waals surface area contributed by atoms with Gasteiger partial charge in [-0.2, -0.15) is 0 Å². The molecule has 2 nitrogen and oxygen atoms in total. The second-order valence-corrected chi connectivity index (χ2v) is 5.36. The molecule has 94 valence electrons. The van der Waals surface area contributed by atoms with Crippen molar-refractivity contribution in [3.05, 3.63) is 28.8 Å². The van der Waals surface area contributed by atoms with Crippen LogP contribution in [0.2, 0.25) is 5.02 Å². The minimum absolute atomic E-state index is 0.470. The van der Waals surface area contributed by atoms with Crippen LogP contribution < -0.4 is 4.90 Å². The maximum absolute atomic E-state index is 6.19. The lowest BCUT2D eigenvalue weighted by molar-refractivity contribution is 0.234. The molecule has 4 heteroatoms. The van der Waals surface area contributed by atoms with Gasteiger partial charge < -0.3 is 9.80 Å². The Kier molecular flexibility index (Phi) is 4.18. The molecule has 1 aliphatic rings. The average molecular weight is 273 g/mol. The summed E-state index contributed by atoms with van der Waals surface area (Å²) in [6.07, 6.45) is 0. The number of alkyl halides is 1. The van der Waals surface area contributed by atoms with Crippen LogP contribution in [-0.4, -0.2) is 37.6 Å². The zero-order valence-corrected chi connectivity index (χ0v) is 11.8. The molecule has 0 aromatic heterocycles. The summed E-state index contributed by atoms with van der Waals surface area (Å²) in [4.78, 5) is 4.76. The standard InChI is InChI=1S/C13H18Cl2N2/c1-10-9-17(6-5-16(10)2)12-4-3-11(8-14)13(15)7-12/h3-4,7,10H,5-6,8-9H2,1-2H3. The van der Waals surface area contributed by atoms with E-state index in [1.165, 1.54) is 5.69 Å². The van der Waals surface area contributed by atoms with Gasteiger partial charge in [-0.25, -0.2) is 0 Å². The number of hydrogen-bond donors (Lipinski definition) is 0. The van der Waals surface area contributed by atoms with Crippen molar-refractivity contribution in [3.63, 3.8) is 0 Å². The Balaban J connectivity index is 2.15. The van der Waals surface area contributed by atoms with Gasteiger partial charge >= 0.3 is 0 Å². The minimum Gasteiger partial charge on any atom is -0.369 e. The zero-order valence-electron chi connectivity index (χ0n) is 10.3. The molecule has 1 aromatic carbocycles. The average Bonchev–Trinajstić information content (AvgIpc) is 2.32. The van der Waals surface area contributed by atoms with E-state index in [0.29, 0.717) is 11.9 Å². The first kappa shape index (κ1) is 13.0. The van der Waals surface area contributed by atoms with Crippen molar-refractivity contribution in [2.45, 2.75) is 18.8 Å².